The molecule has 0 saturated heterocycles. The van der Waals surface area contributed by atoms with Gasteiger partial charge in [-0.05, 0) is 45.1 Å². The highest BCUT2D eigenvalue weighted by atomic mass is 32.2. The first-order chi connectivity index (χ1) is 9.20. The molecule has 1 unspecified atom stereocenters. The molecule has 0 radical (unpaired) electrons. The average molecular weight is 281 g/mol. The monoisotopic (exact) mass is 281 g/mol. The Morgan fingerprint density at radius 1 is 1.42 bits per heavy atom. The Kier molecular flexibility index (Phi) is 5.61. The zero-order valence-electron chi connectivity index (χ0n) is 12.5. The van der Waals surface area contributed by atoms with E-state index < -0.39 is 0 Å². The standard InChI is InChI=1S/C15H27N3S/c1-12-11-18(13(2)9-10-19-3)15(16-12)17-14-7-5-4-6-8-14/h11,13-14H,4-10H2,1-3H3,(H,16,17). The molecule has 3 nitrogen and oxygen atoms in total. The second kappa shape index (κ2) is 7.22. The van der Waals surface area contributed by atoms with Crippen molar-refractivity contribution in [1.29, 1.82) is 0 Å². The molecule has 1 aromatic heterocycles. The Balaban J connectivity index is 2.02. The average Bonchev–Trinajstić information content (AvgIpc) is 2.78. The van der Waals surface area contributed by atoms with Gasteiger partial charge in [0, 0.05) is 18.3 Å². The number of hydrogen-bond acceptors (Lipinski definition) is 3. The predicted octanol–water partition coefficient (Wildman–Crippen LogP) is 4.25. The molecule has 1 aliphatic rings. The summed E-state index contributed by atoms with van der Waals surface area (Å²) in [7, 11) is 0. The summed E-state index contributed by atoms with van der Waals surface area (Å²) in [4.78, 5) is 4.68. The van der Waals surface area contributed by atoms with Crippen LogP contribution >= 0.6 is 11.8 Å². The first-order valence-electron chi connectivity index (χ1n) is 7.51. The van der Waals surface area contributed by atoms with Gasteiger partial charge in [0.05, 0.1) is 5.69 Å². The third kappa shape index (κ3) is 4.16. The minimum Gasteiger partial charge on any atom is -0.353 e. The largest absolute Gasteiger partial charge is 0.353 e. The lowest BCUT2D eigenvalue weighted by Gasteiger charge is -2.25. The van der Waals surface area contributed by atoms with Crippen molar-refractivity contribution in [1.82, 2.24) is 9.55 Å². The zero-order valence-corrected chi connectivity index (χ0v) is 13.3. The molecule has 108 valence electrons. The van der Waals surface area contributed by atoms with Crippen LogP contribution < -0.4 is 5.32 Å². The van der Waals surface area contributed by atoms with Crippen molar-refractivity contribution in [2.24, 2.45) is 0 Å². The molecule has 0 aromatic carbocycles. The maximum Gasteiger partial charge on any atom is 0.203 e. The van der Waals surface area contributed by atoms with E-state index in [1.54, 1.807) is 0 Å². The van der Waals surface area contributed by atoms with E-state index in [0.717, 1.165) is 11.6 Å². The van der Waals surface area contributed by atoms with Gasteiger partial charge in [0.1, 0.15) is 0 Å². The van der Waals surface area contributed by atoms with Gasteiger partial charge in [-0.15, -0.1) is 0 Å². The van der Waals surface area contributed by atoms with Gasteiger partial charge < -0.3 is 9.88 Å². The van der Waals surface area contributed by atoms with Crippen LogP contribution in [0, 0.1) is 6.92 Å². The molecule has 1 atom stereocenters. The second-order valence-corrected chi connectivity index (χ2v) is 6.71. The van der Waals surface area contributed by atoms with Crippen LogP contribution in [0.4, 0.5) is 5.95 Å². The highest BCUT2D eigenvalue weighted by Gasteiger charge is 2.17. The van der Waals surface area contributed by atoms with Gasteiger partial charge in [0.15, 0.2) is 0 Å². The van der Waals surface area contributed by atoms with Gasteiger partial charge in [0.2, 0.25) is 5.95 Å². The fourth-order valence-electron chi connectivity index (χ4n) is 2.82. The molecule has 19 heavy (non-hydrogen) atoms. The van der Waals surface area contributed by atoms with Gasteiger partial charge in [-0.3, -0.25) is 0 Å². The van der Waals surface area contributed by atoms with Crippen LogP contribution in [0.1, 0.15) is 57.2 Å². The lowest BCUT2D eigenvalue weighted by Crippen LogP contribution is -2.25. The van der Waals surface area contributed by atoms with Crippen molar-refractivity contribution in [3.05, 3.63) is 11.9 Å². The first-order valence-corrected chi connectivity index (χ1v) is 8.91. The highest BCUT2D eigenvalue weighted by molar-refractivity contribution is 7.98. The molecule has 2 rings (SSSR count). The van der Waals surface area contributed by atoms with Gasteiger partial charge in [-0.25, -0.2) is 4.98 Å². The van der Waals surface area contributed by atoms with Gasteiger partial charge in [-0.1, -0.05) is 19.3 Å². The lowest BCUT2D eigenvalue weighted by molar-refractivity contribution is 0.454. The Hall–Kier alpha value is -0.640. The van der Waals surface area contributed by atoms with Crippen molar-refractivity contribution in [3.63, 3.8) is 0 Å². The van der Waals surface area contributed by atoms with Crippen LogP contribution in [0.5, 0.6) is 0 Å². The summed E-state index contributed by atoms with van der Waals surface area (Å²) >= 11 is 1.92. The van der Waals surface area contributed by atoms with Crippen LogP contribution in [-0.2, 0) is 0 Å². The van der Waals surface area contributed by atoms with Crippen LogP contribution in [0.3, 0.4) is 0 Å². The Morgan fingerprint density at radius 2 is 2.16 bits per heavy atom. The minimum absolute atomic E-state index is 0.528. The van der Waals surface area contributed by atoms with Crippen molar-refractivity contribution < 1.29 is 0 Å². The molecular formula is C15H27N3S. The van der Waals surface area contributed by atoms with E-state index >= 15 is 0 Å². The molecule has 0 amide bonds. The van der Waals surface area contributed by atoms with Gasteiger partial charge >= 0.3 is 0 Å². The summed E-state index contributed by atoms with van der Waals surface area (Å²) in [5.74, 6) is 2.29. The van der Waals surface area contributed by atoms with E-state index in [4.69, 9.17) is 0 Å². The summed E-state index contributed by atoms with van der Waals surface area (Å²) in [6.07, 6.45) is 12.3. The van der Waals surface area contributed by atoms with Crippen molar-refractivity contribution in [3.8, 4) is 0 Å². The summed E-state index contributed by atoms with van der Waals surface area (Å²) in [6, 6.07) is 1.15. The summed E-state index contributed by atoms with van der Waals surface area (Å²) in [5.41, 5.74) is 1.12. The molecule has 0 aliphatic heterocycles. The number of nitrogens with zero attached hydrogens (tertiary/aromatic N) is 2. The summed E-state index contributed by atoms with van der Waals surface area (Å²) in [5, 5.41) is 3.67. The molecule has 1 saturated carbocycles. The van der Waals surface area contributed by atoms with Crippen LogP contribution in [0.25, 0.3) is 0 Å². The third-order valence-electron chi connectivity index (χ3n) is 4.01. The van der Waals surface area contributed by atoms with Crippen LogP contribution in [-0.4, -0.2) is 27.6 Å². The molecule has 0 spiro atoms. The number of imidazole rings is 1. The smallest absolute Gasteiger partial charge is 0.203 e. The Morgan fingerprint density at radius 3 is 2.84 bits per heavy atom. The topological polar surface area (TPSA) is 29.9 Å². The van der Waals surface area contributed by atoms with Gasteiger partial charge in [-0.2, -0.15) is 11.8 Å². The van der Waals surface area contributed by atoms with Gasteiger partial charge in [0.25, 0.3) is 0 Å². The number of thioether (sulfide) groups is 1. The van der Waals surface area contributed by atoms with E-state index in [-0.39, 0.29) is 0 Å². The molecule has 4 heteroatoms. The minimum atomic E-state index is 0.528. The van der Waals surface area contributed by atoms with Crippen molar-refractivity contribution >= 4 is 17.7 Å². The zero-order chi connectivity index (χ0) is 13.7. The van der Waals surface area contributed by atoms with E-state index in [2.05, 4.69) is 41.2 Å². The quantitative estimate of drug-likeness (QED) is 0.845. The fourth-order valence-corrected chi connectivity index (χ4v) is 3.39. The van der Waals surface area contributed by atoms with E-state index in [1.165, 1.54) is 44.3 Å². The van der Waals surface area contributed by atoms with Crippen molar-refractivity contribution in [2.75, 3.05) is 17.3 Å². The molecule has 0 bridgehead atoms. The first kappa shape index (κ1) is 14.8. The molecule has 1 fully saturated rings. The fraction of sp³-hybridized carbons (Fsp3) is 0.800. The maximum atomic E-state index is 4.68. The van der Waals surface area contributed by atoms with E-state index in [0.29, 0.717) is 12.1 Å². The summed E-state index contributed by atoms with van der Waals surface area (Å²) < 4.78 is 2.33. The van der Waals surface area contributed by atoms with E-state index in [9.17, 15) is 0 Å². The lowest BCUT2D eigenvalue weighted by atomic mass is 9.96. The molecule has 1 aromatic rings. The number of hydrogen-bond donors (Lipinski definition) is 1. The number of rotatable bonds is 6. The Labute approximate surface area is 121 Å². The molecule has 1 N–H and O–H groups in total. The number of aryl methyl sites for hydroxylation is 1. The maximum absolute atomic E-state index is 4.68. The Bertz CT molecular complexity index is 383. The number of nitrogens with one attached hydrogen (secondary N) is 1. The normalized spacial score (nSPS) is 18.5. The predicted molar refractivity (Wildman–Crippen MR) is 85.2 cm³/mol. The van der Waals surface area contributed by atoms with Crippen LogP contribution in [0.2, 0.25) is 0 Å². The second-order valence-electron chi connectivity index (χ2n) is 5.72. The summed E-state index contributed by atoms with van der Waals surface area (Å²) in [6.45, 7) is 4.38. The number of anilines is 1. The highest BCUT2D eigenvalue weighted by Crippen LogP contribution is 2.24. The molecular weight excluding hydrogens is 254 g/mol. The van der Waals surface area contributed by atoms with E-state index in [1.807, 2.05) is 11.8 Å². The third-order valence-corrected chi connectivity index (χ3v) is 4.65. The van der Waals surface area contributed by atoms with Crippen LogP contribution in [0.15, 0.2) is 6.20 Å². The SMILES string of the molecule is CSCCC(C)n1cc(C)nc1NC1CCCCC1. The molecule has 1 heterocycles. The number of aromatic nitrogens is 2. The van der Waals surface area contributed by atoms with Crippen molar-refractivity contribution in [2.45, 2.75) is 64.5 Å². The molecule has 1 aliphatic carbocycles.